The number of aliphatic carboxylic acids is 2. The van der Waals surface area contributed by atoms with E-state index in [2.05, 4.69) is 31.2 Å². The van der Waals surface area contributed by atoms with E-state index in [1.54, 1.807) is 0 Å². The quantitative estimate of drug-likeness (QED) is 0.0670. The number of hydrogen-bond acceptors (Lipinski definition) is 11. The predicted octanol–water partition coefficient (Wildman–Crippen LogP) is -4.33. The van der Waals surface area contributed by atoms with Gasteiger partial charge in [-0.05, 0) is 39.7 Å². The fourth-order valence-corrected chi connectivity index (χ4v) is 3.71. The van der Waals surface area contributed by atoms with Crippen LogP contribution in [0.4, 0.5) is 0 Å². The number of aromatic nitrogens is 2. The van der Waals surface area contributed by atoms with Gasteiger partial charge in [0.15, 0.2) is 6.04 Å². The highest BCUT2D eigenvalue weighted by atomic mass is 16.4. The van der Waals surface area contributed by atoms with Gasteiger partial charge in [-0.25, -0.2) is 9.78 Å². The minimum atomic E-state index is -1.70. The molecule has 236 valence electrons. The number of nitrogens with zero attached hydrogens (tertiary/aromatic N) is 1. The average molecular weight is 601 g/mol. The number of H-pyrrole nitrogens is 1. The maximum Gasteiger partial charge on any atom is 0.328 e. The molecule has 1 rings (SSSR count). The molecule has 0 saturated heterocycles. The number of nitrogens with one attached hydrogen (secondary N) is 5. The summed E-state index contributed by atoms with van der Waals surface area (Å²) in [6.45, 7) is 2.62. The number of carbonyl (C=O) groups excluding carboxylic acids is 4. The average Bonchev–Trinajstić information content (AvgIpc) is 3.41. The largest absolute Gasteiger partial charge is 0.481 e. The minimum absolute atomic E-state index is 0.0445. The zero-order chi connectivity index (χ0) is 32.0. The lowest BCUT2D eigenvalue weighted by Crippen LogP contribution is -2.61. The summed E-state index contributed by atoms with van der Waals surface area (Å²) in [6, 6.07) is -7.54. The molecule has 1 heterocycles. The molecule has 42 heavy (non-hydrogen) atoms. The predicted molar refractivity (Wildman–Crippen MR) is 144 cm³/mol. The van der Waals surface area contributed by atoms with Crippen molar-refractivity contribution in [2.24, 2.45) is 11.5 Å². The summed E-state index contributed by atoms with van der Waals surface area (Å²) in [7, 11) is 0. The summed E-state index contributed by atoms with van der Waals surface area (Å²) in [4.78, 5) is 80.7. The highest BCUT2D eigenvalue weighted by Crippen LogP contribution is 2.06. The summed E-state index contributed by atoms with van der Waals surface area (Å²) in [5, 5.41) is 47.4. The second kappa shape index (κ2) is 17.6. The van der Waals surface area contributed by atoms with Gasteiger partial charge in [0.05, 0.1) is 36.7 Å². The van der Waals surface area contributed by atoms with Gasteiger partial charge >= 0.3 is 11.9 Å². The van der Waals surface area contributed by atoms with Crippen LogP contribution >= 0.6 is 0 Å². The molecule has 0 spiro atoms. The van der Waals surface area contributed by atoms with E-state index < -0.39 is 84.4 Å². The van der Waals surface area contributed by atoms with Crippen molar-refractivity contribution in [3.8, 4) is 0 Å². The summed E-state index contributed by atoms with van der Waals surface area (Å²) in [5.41, 5.74) is 11.4. The van der Waals surface area contributed by atoms with E-state index in [1.807, 2.05) is 0 Å². The molecule has 0 radical (unpaired) electrons. The van der Waals surface area contributed by atoms with Crippen LogP contribution < -0.4 is 32.7 Å². The Labute approximate surface area is 241 Å². The molecule has 13 N–H and O–H groups in total. The molecule has 1 aromatic heterocycles. The molecule has 0 saturated carbocycles. The Morgan fingerprint density at radius 1 is 0.857 bits per heavy atom. The van der Waals surface area contributed by atoms with E-state index in [-0.39, 0.29) is 19.4 Å². The van der Waals surface area contributed by atoms with Gasteiger partial charge in [0.1, 0.15) is 18.1 Å². The van der Waals surface area contributed by atoms with Gasteiger partial charge in [-0.15, -0.1) is 0 Å². The smallest absolute Gasteiger partial charge is 0.328 e. The zero-order valence-electron chi connectivity index (χ0n) is 23.3. The molecule has 0 aromatic carbocycles. The fraction of sp³-hybridized carbons (Fsp3) is 0.625. The standard InChI is InChI=1S/C24H40N8O10/c1-11(33)18(31-21(38)15(5-3-4-6-25)29-20(37)14(26)8-17(35)36)23(40)30-16(7-13-9-27-10-28-13)22(39)32-19(12(2)34)24(41)42/h9-12,14-16,18-19,33-34H,3-8,25-26H2,1-2H3,(H,27,28)(H,29,37)(H,30,40)(H,31,38)(H,32,39)(H,35,36)(H,41,42)/t11-,12-,14+,15+,16+,18+,19+/m1/s1. The van der Waals surface area contributed by atoms with Gasteiger partial charge < -0.3 is 58.1 Å². The fourth-order valence-electron chi connectivity index (χ4n) is 3.71. The number of carbonyl (C=O) groups is 6. The van der Waals surface area contributed by atoms with Gasteiger partial charge in [0.2, 0.25) is 23.6 Å². The van der Waals surface area contributed by atoms with Crippen molar-refractivity contribution < 1.29 is 49.2 Å². The number of carboxylic acids is 2. The molecule has 18 nitrogen and oxygen atoms in total. The van der Waals surface area contributed by atoms with E-state index in [9.17, 15) is 44.1 Å². The third kappa shape index (κ3) is 12.2. The molecule has 0 fully saturated rings. The second-order valence-electron chi connectivity index (χ2n) is 9.67. The Balaban J connectivity index is 3.14. The maximum atomic E-state index is 13.2. The first-order valence-corrected chi connectivity index (χ1v) is 13.1. The van der Waals surface area contributed by atoms with Crippen LogP contribution in [0.2, 0.25) is 0 Å². The van der Waals surface area contributed by atoms with Crippen LogP contribution in [-0.2, 0) is 35.2 Å². The zero-order valence-corrected chi connectivity index (χ0v) is 23.3. The third-order valence-corrected chi connectivity index (χ3v) is 6.02. The molecule has 0 aliphatic carbocycles. The molecule has 7 atom stereocenters. The van der Waals surface area contributed by atoms with Crippen LogP contribution in [0.3, 0.4) is 0 Å². The van der Waals surface area contributed by atoms with Crippen molar-refractivity contribution in [1.82, 2.24) is 31.2 Å². The van der Waals surface area contributed by atoms with Crippen LogP contribution in [0.15, 0.2) is 12.5 Å². The van der Waals surface area contributed by atoms with Crippen LogP contribution in [-0.4, -0.2) is 115 Å². The summed E-state index contributed by atoms with van der Waals surface area (Å²) in [5.74, 6) is -6.71. The van der Waals surface area contributed by atoms with Crippen LogP contribution in [0.25, 0.3) is 0 Å². The van der Waals surface area contributed by atoms with Gasteiger partial charge in [-0.3, -0.25) is 24.0 Å². The summed E-state index contributed by atoms with van der Waals surface area (Å²) in [6.07, 6.45) is -0.289. The first kappa shape index (κ1) is 35.9. The minimum Gasteiger partial charge on any atom is -0.481 e. The monoisotopic (exact) mass is 600 g/mol. The number of rotatable bonds is 19. The lowest BCUT2D eigenvalue weighted by Gasteiger charge is -2.27. The van der Waals surface area contributed by atoms with E-state index in [0.29, 0.717) is 18.5 Å². The van der Waals surface area contributed by atoms with Crippen molar-refractivity contribution in [2.45, 2.75) is 88.4 Å². The van der Waals surface area contributed by atoms with E-state index >= 15 is 0 Å². The SMILES string of the molecule is C[C@@H](O)[C@H](NC(=O)[C@H](Cc1c[nH]cn1)NC(=O)[C@@H](NC(=O)[C@H](CCCCN)NC(=O)[C@@H](N)CC(=O)O)[C@@H](C)O)C(=O)O. The lowest BCUT2D eigenvalue weighted by molar-refractivity contribution is -0.145. The number of aliphatic hydroxyl groups excluding tert-OH is 2. The molecule has 1 aromatic rings. The lowest BCUT2D eigenvalue weighted by atomic mass is 10.0. The number of amides is 4. The molecule has 4 amide bonds. The number of aromatic amines is 1. The number of nitrogens with two attached hydrogens (primary N) is 2. The highest BCUT2D eigenvalue weighted by Gasteiger charge is 2.35. The number of hydrogen-bond donors (Lipinski definition) is 11. The molecule has 0 unspecified atom stereocenters. The number of imidazole rings is 1. The van der Waals surface area contributed by atoms with Crippen molar-refractivity contribution >= 4 is 35.6 Å². The van der Waals surface area contributed by atoms with Crippen molar-refractivity contribution in [2.75, 3.05) is 6.54 Å². The Hall–Kier alpha value is -4.13. The van der Waals surface area contributed by atoms with E-state index in [1.165, 1.54) is 19.4 Å². The first-order valence-electron chi connectivity index (χ1n) is 13.1. The summed E-state index contributed by atoms with van der Waals surface area (Å²) >= 11 is 0. The topological polar surface area (TPSA) is 312 Å². The van der Waals surface area contributed by atoms with Gasteiger partial charge in [-0.2, -0.15) is 0 Å². The molecule has 0 aliphatic heterocycles. The Morgan fingerprint density at radius 2 is 1.43 bits per heavy atom. The van der Waals surface area contributed by atoms with Gasteiger partial charge in [-0.1, -0.05) is 0 Å². The molecular weight excluding hydrogens is 560 g/mol. The van der Waals surface area contributed by atoms with Crippen LogP contribution in [0.1, 0.15) is 45.2 Å². The van der Waals surface area contributed by atoms with Gasteiger partial charge in [0.25, 0.3) is 0 Å². The molecular formula is C24H40N8O10. The first-order chi connectivity index (χ1) is 19.7. The molecule has 0 aliphatic rings. The second-order valence-corrected chi connectivity index (χ2v) is 9.67. The Kier molecular flexibility index (Phi) is 15.1. The highest BCUT2D eigenvalue weighted by molar-refractivity contribution is 5.96. The number of aliphatic hydroxyl groups is 2. The van der Waals surface area contributed by atoms with Crippen molar-refractivity contribution in [3.63, 3.8) is 0 Å². The van der Waals surface area contributed by atoms with Gasteiger partial charge in [0, 0.05) is 12.6 Å². The molecule has 0 bridgehead atoms. The van der Waals surface area contributed by atoms with Crippen LogP contribution in [0.5, 0.6) is 0 Å². The van der Waals surface area contributed by atoms with Crippen molar-refractivity contribution in [3.05, 3.63) is 18.2 Å². The molecule has 18 heteroatoms. The number of unbranched alkanes of at least 4 members (excludes halogenated alkanes) is 1. The third-order valence-electron chi connectivity index (χ3n) is 6.02. The van der Waals surface area contributed by atoms with E-state index in [4.69, 9.17) is 16.6 Å². The Morgan fingerprint density at radius 3 is 1.93 bits per heavy atom. The van der Waals surface area contributed by atoms with Crippen molar-refractivity contribution in [1.29, 1.82) is 0 Å². The number of carboxylic acid groups (broad SMARTS) is 2. The normalized spacial score (nSPS) is 16.0. The Bertz CT molecular complexity index is 1070. The summed E-state index contributed by atoms with van der Waals surface area (Å²) < 4.78 is 0. The van der Waals surface area contributed by atoms with E-state index in [0.717, 1.165) is 6.92 Å². The maximum absolute atomic E-state index is 13.2. The van der Waals surface area contributed by atoms with Crippen LogP contribution in [0, 0.1) is 0 Å².